The number of carbonyl (C=O) groups is 1. The lowest BCUT2D eigenvalue weighted by Gasteiger charge is -2.35. The zero-order valence-corrected chi connectivity index (χ0v) is 9.36. The molecule has 0 fully saturated rings. The fourth-order valence-electron chi connectivity index (χ4n) is 2.32. The number of carbonyl (C=O) groups excluding carboxylic acids is 1. The zero-order valence-electron chi connectivity index (χ0n) is 9.36. The fourth-order valence-corrected chi connectivity index (χ4v) is 2.32. The Morgan fingerprint density at radius 3 is 2.93 bits per heavy atom. The van der Waals surface area contributed by atoms with Gasteiger partial charge in [0.2, 0.25) is 5.91 Å². The molecule has 0 aliphatic carbocycles. The van der Waals surface area contributed by atoms with Crippen LogP contribution in [0, 0.1) is 0 Å². The second-order valence-corrected chi connectivity index (χ2v) is 4.07. The van der Waals surface area contributed by atoms with Gasteiger partial charge in [-0.05, 0) is 24.5 Å². The largest absolute Gasteiger partial charge is 0.336 e. The third-order valence-electron chi connectivity index (χ3n) is 3.22. The van der Waals surface area contributed by atoms with E-state index in [-0.39, 0.29) is 11.9 Å². The van der Waals surface area contributed by atoms with Gasteiger partial charge < -0.3 is 4.90 Å². The molecule has 1 amide bonds. The van der Waals surface area contributed by atoms with E-state index in [9.17, 15) is 4.79 Å². The first-order chi connectivity index (χ1) is 7.24. The maximum atomic E-state index is 11.7. The van der Waals surface area contributed by atoms with E-state index < -0.39 is 0 Å². The summed E-state index contributed by atoms with van der Waals surface area (Å²) < 4.78 is 0. The maximum Gasteiger partial charge on any atom is 0.222 e. The first-order valence-corrected chi connectivity index (χ1v) is 5.61. The highest BCUT2D eigenvalue weighted by molar-refractivity contribution is 5.76. The molecule has 1 heterocycles. The van der Waals surface area contributed by atoms with Crippen molar-refractivity contribution < 1.29 is 4.79 Å². The lowest BCUT2D eigenvalue weighted by molar-refractivity contribution is -0.133. The summed E-state index contributed by atoms with van der Waals surface area (Å²) in [5, 5.41) is 0. The van der Waals surface area contributed by atoms with E-state index >= 15 is 0 Å². The van der Waals surface area contributed by atoms with Crippen LogP contribution in [0.1, 0.15) is 37.4 Å². The van der Waals surface area contributed by atoms with Gasteiger partial charge in [-0.25, -0.2) is 0 Å². The van der Waals surface area contributed by atoms with Crippen molar-refractivity contribution in [1.29, 1.82) is 0 Å². The van der Waals surface area contributed by atoms with Gasteiger partial charge in [-0.2, -0.15) is 0 Å². The molecule has 2 heteroatoms. The first-order valence-electron chi connectivity index (χ1n) is 5.61. The average Bonchev–Trinajstić information content (AvgIpc) is 2.29. The van der Waals surface area contributed by atoms with E-state index in [2.05, 4.69) is 31.2 Å². The second kappa shape index (κ2) is 4.05. The van der Waals surface area contributed by atoms with Crippen LogP contribution in [0.15, 0.2) is 24.3 Å². The summed E-state index contributed by atoms with van der Waals surface area (Å²) in [6.45, 7) is 4.91. The van der Waals surface area contributed by atoms with Crippen LogP contribution < -0.4 is 0 Å². The van der Waals surface area contributed by atoms with Gasteiger partial charge in [0, 0.05) is 13.0 Å². The minimum Gasteiger partial charge on any atom is -0.336 e. The van der Waals surface area contributed by atoms with Gasteiger partial charge in [-0.15, -0.1) is 0 Å². The Balaban J connectivity index is 2.29. The fraction of sp³-hybridized carbons (Fsp3) is 0.462. The molecule has 1 unspecified atom stereocenters. The monoisotopic (exact) mass is 203 g/mol. The first kappa shape index (κ1) is 10.2. The van der Waals surface area contributed by atoms with E-state index in [1.807, 2.05) is 11.8 Å². The van der Waals surface area contributed by atoms with Gasteiger partial charge in [0.25, 0.3) is 0 Å². The van der Waals surface area contributed by atoms with Gasteiger partial charge >= 0.3 is 0 Å². The van der Waals surface area contributed by atoms with E-state index in [0.29, 0.717) is 6.42 Å². The van der Waals surface area contributed by atoms with Gasteiger partial charge in [0.1, 0.15) is 0 Å². The summed E-state index contributed by atoms with van der Waals surface area (Å²) in [5.74, 6) is 0.261. The van der Waals surface area contributed by atoms with Crippen molar-refractivity contribution in [3.63, 3.8) is 0 Å². The van der Waals surface area contributed by atoms with Crippen LogP contribution in [0.5, 0.6) is 0 Å². The van der Waals surface area contributed by atoms with Gasteiger partial charge in [-0.1, -0.05) is 31.2 Å². The molecule has 0 radical (unpaired) electrons. The highest BCUT2D eigenvalue weighted by Gasteiger charge is 2.25. The van der Waals surface area contributed by atoms with Crippen LogP contribution in [0.2, 0.25) is 0 Å². The van der Waals surface area contributed by atoms with Crippen LogP contribution in [0.3, 0.4) is 0 Å². The summed E-state index contributed by atoms with van der Waals surface area (Å²) in [7, 11) is 0. The van der Waals surface area contributed by atoms with E-state index in [1.165, 1.54) is 11.1 Å². The Hall–Kier alpha value is -1.31. The molecule has 1 aromatic rings. The molecular formula is C13H17NO. The predicted molar refractivity (Wildman–Crippen MR) is 60.6 cm³/mol. The lowest BCUT2D eigenvalue weighted by Crippen LogP contribution is -2.38. The molecule has 1 aliphatic rings. The van der Waals surface area contributed by atoms with Crippen molar-refractivity contribution in [2.45, 2.75) is 32.7 Å². The minimum absolute atomic E-state index is 0.238. The van der Waals surface area contributed by atoms with Crippen molar-refractivity contribution in [2.75, 3.05) is 6.54 Å². The molecule has 80 valence electrons. The SMILES string of the molecule is CCC(=O)N1CCc2ccccc2C1C. The number of benzene rings is 1. The molecule has 2 nitrogen and oxygen atoms in total. The molecule has 1 aliphatic heterocycles. The topological polar surface area (TPSA) is 20.3 Å². The predicted octanol–water partition coefficient (Wildman–Crippen LogP) is 2.54. The van der Waals surface area contributed by atoms with Gasteiger partial charge in [0.05, 0.1) is 6.04 Å². The van der Waals surface area contributed by atoms with Crippen molar-refractivity contribution in [1.82, 2.24) is 4.90 Å². The molecule has 0 bridgehead atoms. The van der Waals surface area contributed by atoms with E-state index in [4.69, 9.17) is 0 Å². The van der Waals surface area contributed by atoms with Crippen molar-refractivity contribution in [3.05, 3.63) is 35.4 Å². The summed E-state index contributed by atoms with van der Waals surface area (Å²) in [6, 6.07) is 8.66. The van der Waals surface area contributed by atoms with Crippen molar-refractivity contribution >= 4 is 5.91 Å². The van der Waals surface area contributed by atoms with Crippen LogP contribution in [0.4, 0.5) is 0 Å². The highest BCUT2D eigenvalue weighted by Crippen LogP contribution is 2.29. The number of nitrogens with zero attached hydrogens (tertiary/aromatic N) is 1. The Morgan fingerprint density at radius 2 is 2.20 bits per heavy atom. The Morgan fingerprint density at radius 1 is 1.47 bits per heavy atom. The molecule has 0 aromatic heterocycles. The van der Waals surface area contributed by atoms with Crippen LogP contribution in [-0.4, -0.2) is 17.4 Å². The van der Waals surface area contributed by atoms with Crippen LogP contribution >= 0.6 is 0 Å². The number of rotatable bonds is 1. The zero-order chi connectivity index (χ0) is 10.8. The number of amides is 1. The van der Waals surface area contributed by atoms with E-state index in [1.54, 1.807) is 0 Å². The van der Waals surface area contributed by atoms with Crippen molar-refractivity contribution in [2.24, 2.45) is 0 Å². The molecule has 15 heavy (non-hydrogen) atoms. The second-order valence-electron chi connectivity index (χ2n) is 4.07. The smallest absolute Gasteiger partial charge is 0.222 e. The lowest BCUT2D eigenvalue weighted by atomic mass is 9.93. The van der Waals surface area contributed by atoms with Crippen molar-refractivity contribution in [3.8, 4) is 0 Å². The van der Waals surface area contributed by atoms with E-state index in [0.717, 1.165) is 13.0 Å². The molecule has 0 saturated carbocycles. The molecule has 0 saturated heterocycles. The number of hydrogen-bond acceptors (Lipinski definition) is 1. The summed E-state index contributed by atoms with van der Waals surface area (Å²) in [5.41, 5.74) is 2.70. The summed E-state index contributed by atoms with van der Waals surface area (Å²) in [6.07, 6.45) is 1.60. The molecule has 1 aromatic carbocycles. The molecular weight excluding hydrogens is 186 g/mol. The summed E-state index contributed by atoms with van der Waals surface area (Å²) >= 11 is 0. The van der Waals surface area contributed by atoms with Crippen LogP contribution in [-0.2, 0) is 11.2 Å². The highest BCUT2D eigenvalue weighted by atomic mass is 16.2. The van der Waals surface area contributed by atoms with Gasteiger partial charge in [0.15, 0.2) is 0 Å². The molecule has 0 spiro atoms. The van der Waals surface area contributed by atoms with Gasteiger partial charge in [-0.3, -0.25) is 4.79 Å². The minimum atomic E-state index is 0.238. The normalized spacial score (nSPS) is 19.9. The molecule has 0 N–H and O–H groups in total. The Bertz CT molecular complexity index is 373. The third-order valence-corrected chi connectivity index (χ3v) is 3.22. The number of hydrogen-bond donors (Lipinski definition) is 0. The molecule has 2 rings (SSSR count). The molecule has 1 atom stereocenters. The summed E-state index contributed by atoms with van der Waals surface area (Å²) in [4.78, 5) is 13.7. The third kappa shape index (κ3) is 1.76. The number of fused-ring (bicyclic) bond motifs is 1. The quantitative estimate of drug-likeness (QED) is 0.687. The van der Waals surface area contributed by atoms with Crippen LogP contribution in [0.25, 0.3) is 0 Å². The standard InChI is InChI=1S/C13H17NO/c1-3-13(15)14-9-8-11-6-4-5-7-12(11)10(14)2/h4-7,10H,3,8-9H2,1-2H3. The average molecular weight is 203 g/mol. The Kier molecular flexibility index (Phi) is 2.76. The maximum absolute atomic E-state index is 11.7. The Labute approximate surface area is 90.9 Å².